The lowest BCUT2D eigenvalue weighted by Crippen LogP contribution is -2.06. The van der Waals surface area contributed by atoms with Crippen molar-refractivity contribution in [1.29, 1.82) is 0 Å². The molecule has 0 aliphatic carbocycles. The van der Waals surface area contributed by atoms with Gasteiger partial charge in [0.25, 0.3) is 0 Å². The van der Waals surface area contributed by atoms with E-state index in [-0.39, 0.29) is 5.56 Å². The van der Waals surface area contributed by atoms with Crippen LogP contribution in [0.25, 0.3) is 0 Å². The quantitative estimate of drug-likeness (QED) is 0.777. The predicted octanol–water partition coefficient (Wildman–Crippen LogP) is 2.91. The lowest BCUT2D eigenvalue weighted by molar-refractivity contribution is 0.0692. The van der Waals surface area contributed by atoms with Crippen LogP contribution in [0, 0.1) is 0 Å². The van der Waals surface area contributed by atoms with E-state index in [1.165, 1.54) is 0 Å². The summed E-state index contributed by atoms with van der Waals surface area (Å²) in [6.07, 6.45) is 0. The Morgan fingerprint density at radius 2 is 2.12 bits per heavy atom. The van der Waals surface area contributed by atoms with Gasteiger partial charge in [0.2, 0.25) is 0 Å². The van der Waals surface area contributed by atoms with Gasteiger partial charge in [-0.15, -0.1) is 0 Å². The van der Waals surface area contributed by atoms with Crippen molar-refractivity contribution < 1.29 is 14.6 Å². The van der Waals surface area contributed by atoms with Gasteiger partial charge in [-0.1, -0.05) is 26.0 Å². The monoisotopic (exact) mass is 240 g/mol. The van der Waals surface area contributed by atoms with E-state index in [2.05, 4.69) is 13.8 Å². The molecule has 4 heteroatoms. The van der Waals surface area contributed by atoms with Gasteiger partial charge in [-0.05, 0) is 17.4 Å². The van der Waals surface area contributed by atoms with Crippen LogP contribution in [0.15, 0.2) is 24.3 Å². The third-order valence-corrected chi connectivity index (χ3v) is 2.98. The number of hydrogen-bond donors (Lipinski definition) is 1. The van der Waals surface area contributed by atoms with Crippen molar-refractivity contribution in [2.24, 2.45) is 0 Å². The third kappa shape index (κ3) is 4.14. The number of ether oxygens (including phenoxy) is 1. The van der Waals surface area contributed by atoms with Crippen molar-refractivity contribution in [2.75, 3.05) is 12.4 Å². The van der Waals surface area contributed by atoms with E-state index in [1.807, 2.05) is 0 Å². The zero-order valence-corrected chi connectivity index (χ0v) is 10.3. The highest BCUT2D eigenvalue weighted by molar-refractivity contribution is 7.99. The summed E-state index contributed by atoms with van der Waals surface area (Å²) in [5.74, 6) is 0.359. The summed E-state index contributed by atoms with van der Waals surface area (Å²) in [6, 6.07) is 6.70. The minimum Gasteiger partial charge on any atom is -0.492 e. The Labute approximate surface area is 99.8 Å². The van der Waals surface area contributed by atoms with Gasteiger partial charge in [-0.2, -0.15) is 11.8 Å². The molecule has 0 spiro atoms. The largest absolute Gasteiger partial charge is 0.492 e. The highest BCUT2D eigenvalue weighted by atomic mass is 32.2. The number of hydrogen-bond acceptors (Lipinski definition) is 3. The standard InChI is InChI=1S/C12H16O3S/c1-9(2)16-8-7-15-11-6-4-3-5-10(11)12(13)14/h3-6,9H,7-8H2,1-2H3,(H,13,14). The summed E-state index contributed by atoms with van der Waals surface area (Å²) < 4.78 is 5.45. The molecule has 0 radical (unpaired) electrons. The molecular weight excluding hydrogens is 224 g/mol. The van der Waals surface area contributed by atoms with Gasteiger partial charge in [-0.3, -0.25) is 0 Å². The SMILES string of the molecule is CC(C)SCCOc1ccccc1C(=O)O. The molecule has 0 aliphatic heterocycles. The zero-order valence-electron chi connectivity index (χ0n) is 9.47. The van der Waals surface area contributed by atoms with Crippen molar-refractivity contribution in [3.63, 3.8) is 0 Å². The Hall–Kier alpha value is -1.16. The first-order valence-corrected chi connectivity index (χ1v) is 6.23. The second kappa shape index (κ2) is 6.43. The molecule has 88 valence electrons. The first kappa shape index (κ1) is 12.9. The molecule has 0 aromatic heterocycles. The van der Waals surface area contributed by atoms with Gasteiger partial charge in [0.1, 0.15) is 11.3 Å². The van der Waals surface area contributed by atoms with E-state index in [4.69, 9.17) is 9.84 Å². The predicted molar refractivity (Wildman–Crippen MR) is 66.5 cm³/mol. The van der Waals surface area contributed by atoms with Gasteiger partial charge < -0.3 is 9.84 Å². The molecule has 0 heterocycles. The molecule has 0 bridgehead atoms. The van der Waals surface area contributed by atoms with E-state index < -0.39 is 5.97 Å². The summed E-state index contributed by atoms with van der Waals surface area (Å²) >= 11 is 1.79. The van der Waals surface area contributed by atoms with Gasteiger partial charge in [0, 0.05) is 5.75 Å². The minimum absolute atomic E-state index is 0.219. The molecular formula is C12H16O3S. The third-order valence-electron chi connectivity index (χ3n) is 1.91. The lowest BCUT2D eigenvalue weighted by Gasteiger charge is -2.09. The second-order valence-corrected chi connectivity index (χ2v) is 5.25. The summed E-state index contributed by atoms with van der Waals surface area (Å²) in [5, 5.41) is 9.49. The van der Waals surface area contributed by atoms with Crippen molar-refractivity contribution in [3.05, 3.63) is 29.8 Å². The topological polar surface area (TPSA) is 46.5 Å². The van der Waals surface area contributed by atoms with Crippen LogP contribution < -0.4 is 4.74 Å². The molecule has 1 rings (SSSR count). The van der Waals surface area contributed by atoms with E-state index in [0.717, 1.165) is 5.75 Å². The van der Waals surface area contributed by atoms with Crippen LogP contribution in [0.5, 0.6) is 5.75 Å². The number of aromatic carboxylic acids is 1. The summed E-state index contributed by atoms with van der Waals surface area (Å²) in [4.78, 5) is 10.9. The molecule has 1 aromatic rings. The van der Waals surface area contributed by atoms with Crippen LogP contribution in [-0.2, 0) is 0 Å². The van der Waals surface area contributed by atoms with Gasteiger partial charge in [0.05, 0.1) is 6.61 Å². The minimum atomic E-state index is -0.952. The van der Waals surface area contributed by atoms with Crippen LogP contribution in [-0.4, -0.2) is 28.7 Å². The van der Waals surface area contributed by atoms with Gasteiger partial charge >= 0.3 is 5.97 Å². The van der Waals surface area contributed by atoms with Crippen LogP contribution in [0.4, 0.5) is 0 Å². The molecule has 0 atom stereocenters. The highest BCUT2D eigenvalue weighted by Crippen LogP contribution is 2.18. The normalized spacial score (nSPS) is 10.4. The molecule has 0 saturated carbocycles. The number of rotatable bonds is 6. The van der Waals surface area contributed by atoms with E-state index in [1.54, 1.807) is 36.0 Å². The fourth-order valence-corrected chi connectivity index (χ4v) is 1.86. The Balaban J connectivity index is 2.50. The molecule has 0 fully saturated rings. The molecule has 1 N–H and O–H groups in total. The van der Waals surface area contributed by atoms with E-state index in [9.17, 15) is 4.79 Å². The van der Waals surface area contributed by atoms with Crippen molar-refractivity contribution in [2.45, 2.75) is 19.1 Å². The number of carbonyl (C=O) groups is 1. The number of carboxylic acids is 1. The second-order valence-electron chi connectivity index (χ2n) is 3.57. The average Bonchev–Trinajstić information content (AvgIpc) is 2.24. The summed E-state index contributed by atoms with van der Waals surface area (Å²) in [7, 11) is 0. The Morgan fingerprint density at radius 1 is 1.44 bits per heavy atom. The number of carboxylic acid groups (broad SMARTS) is 1. The Bertz CT molecular complexity index is 350. The molecule has 0 unspecified atom stereocenters. The van der Waals surface area contributed by atoms with Crippen LogP contribution in [0.1, 0.15) is 24.2 Å². The average molecular weight is 240 g/mol. The molecule has 3 nitrogen and oxygen atoms in total. The van der Waals surface area contributed by atoms with E-state index >= 15 is 0 Å². The van der Waals surface area contributed by atoms with Crippen molar-refractivity contribution >= 4 is 17.7 Å². The number of thioether (sulfide) groups is 1. The van der Waals surface area contributed by atoms with Crippen LogP contribution in [0.3, 0.4) is 0 Å². The maximum atomic E-state index is 10.9. The first-order valence-electron chi connectivity index (χ1n) is 5.18. The Kier molecular flexibility index (Phi) is 5.19. The zero-order chi connectivity index (χ0) is 12.0. The van der Waals surface area contributed by atoms with Crippen LogP contribution in [0.2, 0.25) is 0 Å². The smallest absolute Gasteiger partial charge is 0.339 e. The lowest BCUT2D eigenvalue weighted by atomic mass is 10.2. The fraction of sp³-hybridized carbons (Fsp3) is 0.417. The van der Waals surface area contributed by atoms with Gasteiger partial charge in [-0.25, -0.2) is 4.79 Å². The number of benzene rings is 1. The highest BCUT2D eigenvalue weighted by Gasteiger charge is 2.09. The molecule has 16 heavy (non-hydrogen) atoms. The molecule has 0 saturated heterocycles. The number of para-hydroxylation sites is 1. The molecule has 0 aliphatic rings. The van der Waals surface area contributed by atoms with Crippen LogP contribution >= 0.6 is 11.8 Å². The first-order chi connectivity index (χ1) is 7.61. The van der Waals surface area contributed by atoms with Crippen molar-refractivity contribution in [3.8, 4) is 5.75 Å². The van der Waals surface area contributed by atoms with Gasteiger partial charge in [0.15, 0.2) is 0 Å². The fourth-order valence-electron chi connectivity index (χ4n) is 1.20. The van der Waals surface area contributed by atoms with Crippen molar-refractivity contribution in [1.82, 2.24) is 0 Å². The summed E-state index contributed by atoms with van der Waals surface area (Å²) in [6.45, 7) is 4.78. The van der Waals surface area contributed by atoms with E-state index in [0.29, 0.717) is 17.6 Å². The Morgan fingerprint density at radius 3 is 2.75 bits per heavy atom. The maximum Gasteiger partial charge on any atom is 0.339 e. The molecule has 0 amide bonds. The summed E-state index contributed by atoms with van der Waals surface area (Å²) in [5.41, 5.74) is 0.219. The molecule has 1 aromatic carbocycles. The maximum absolute atomic E-state index is 10.9.